The van der Waals surface area contributed by atoms with E-state index in [4.69, 9.17) is 4.74 Å². The van der Waals surface area contributed by atoms with Gasteiger partial charge in [-0.2, -0.15) is 0 Å². The lowest BCUT2D eigenvalue weighted by Crippen LogP contribution is -2.21. The van der Waals surface area contributed by atoms with Gasteiger partial charge in [-0.1, -0.05) is 6.07 Å². The average Bonchev–Trinajstić information content (AvgIpc) is 2.95. The lowest BCUT2D eigenvalue weighted by atomic mass is 10.1. The number of methoxy groups -OCH3 is 1. The Bertz CT molecular complexity index is 803. The van der Waals surface area contributed by atoms with Crippen LogP contribution in [-0.4, -0.2) is 33.2 Å². The molecule has 1 heterocycles. The lowest BCUT2D eigenvalue weighted by Gasteiger charge is -2.19. The van der Waals surface area contributed by atoms with Crippen molar-refractivity contribution in [3.05, 3.63) is 60.0 Å². The van der Waals surface area contributed by atoms with E-state index in [9.17, 15) is 9.18 Å². The number of benzene rings is 2. The highest BCUT2D eigenvalue weighted by Crippen LogP contribution is 2.33. The first kappa shape index (κ1) is 17.0. The summed E-state index contributed by atoms with van der Waals surface area (Å²) in [6, 6.07) is 12.4. The Morgan fingerprint density at radius 1 is 1.24 bits per heavy atom. The van der Waals surface area contributed by atoms with Crippen molar-refractivity contribution in [3.8, 4) is 0 Å². The van der Waals surface area contributed by atoms with Gasteiger partial charge in [-0.3, -0.25) is 4.79 Å². The van der Waals surface area contributed by atoms with Crippen molar-refractivity contribution in [2.45, 2.75) is 0 Å². The van der Waals surface area contributed by atoms with Crippen LogP contribution in [-0.2, 0) is 9.53 Å². The molecule has 0 atom stereocenters. The number of halogens is 1. The largest absolute Gasteiger partial charge is 0.383 e. The molecule has 5 nitrogen and oxygen atoms in total. The predicted molar refractivity (Wildman–Crippen MR) is 98.2 cm³/mol. The number of hydrogen-bond donors (Lipinski definition) is 2. The molecule has 0 fully saturated rings. The third-order valence-corrected chi connectivity index (χ3v) is 4.10. The maximum atomic E-state index is 14.0. The highest BCUT2D eigenvalue weighted by molar-refractivity contribution is 6.31. The number of carbonyl (C=O) groups is 1. The van der Waals surface area contributed by atoms with Crippen LogP contribution >= 0.6 is 0 Å². The molecular weight excluding hydrogens is 321 g/mol. The third-order valence-electron chi connectivity index (χ3n) is 4.10. The molecule has 1 amide bonds. The predicted octanol–water partition coefficient (Wildman–Crippen LogP) is 3.31. The smallest absolute Gasteiger partial charge is 0.257 e. The zero-order chi connectivity index (χ0) is 17.8. The number of fused-ring (bicyclic) bond motifs is 1. The molecule has 2 N–H and O–H groups in total. The highest BCUT2D eigenvalue weighted by Gasteiger charge is 2.27. The van der Waals surface area contributed by atoms with Crippen LogP contribution in [0.3, 0.4) is 0 Å². The molecule has 2 aromatic rings. The van der Waals surface area contributed by atoms with E-state index in [1.807, 2.05) is 31.3 Å². The molecule has 2 aromatic carbocycles. The van der Waals surface area contributed by atoms with Crippen LogP contribution in [0.5, 0.6) is 0 Å². The number of carbonyl (C=O) groups excluding carboxylic acids is 1. The van der Waals surface area contributed by atoms with Crippen LogP contribution in [0, 0.1) is 5.82 Å². The molecule has 3 rings (SSSR count). The van der Waals surface area contributed by atoms with Crippen LogP contribution in [0.15, 0.2) is 48.7 Å². The second kappa shape index (κ2) is 7.36. The Morgan fingerprint density at radius 2 is 2.00 bits per heavy atom. The summed E-state index contributed by atoms with van der Waals surface area (Å²) < 4.78 is 19.1. The van der Waals surface area contributed by atoms with Gasteiger partial charge < -0.3 is 20.3 Å². The fraction of sp³-hybridized carbons (Fsp3) is 0.211. The van der Waals surface area contributed by atoms with Crippen molar-refractivity contribution in [3.63, 3.8) is 0 Å². The van der Waals surface area contributed by atoms with Gasteiger partial charge in [-0.15, -0.1) is 0 Å². The molecular formula is C19H20FN3O2. The molecule has 0 aliphatic carbocycles. The van der Waals surface area contributed by atoms with E-state index in [2.05, 4.69) is 15.5 Å². The molecule has 0 saturated carbocycles. The molecule has 0 spiro atoms. The van der Waals surface area contributed by atoms with Crippen LogP contribution in [0.2, 0.25) is 0 Å². The van der Waals surface area contributed by atoms with Gasteiger partial charge in [0, 0.05) is 43.8 Å². The Hall–Kier alpha value is -2.86. The molecule has 0 saturated heterocycles. The maximum Gasteiger partial charge on any atom is 0.257 e. The molecule has 130 valence electrons. The fourth-order valence-electron chi connectivity index (χ4n) is 2.67. The summed E-state index contributed by atoms with van der Waals surface area (Å²) in [7, 11) is 3.67. The van der Waals surface area contributed by atoms with Gasteiger partial charge in [0.15, 0.2) is 0 Å². The van der Waals surface area contributed by atoms with E-state index >= 15 is 0 Å². The zero-order valence-electron chi connectivity index (χ0n) is 14.2. The van der Waals surface area contributed by atoms with Crippen molar-refractivity contribution in [1.29, 1.82) is 0 Å². The average molecular weight is 341 g/mol. The van der Waals surface area contributed by atoms with Gasteiger partial charge in [-0.05, 0) is 36.4 Å². The number of rotatable bonds is 6. The monoisotopic (exact) mass is 341 g/mol. The van der Waals surface area contributed by atoms with Crippen LogP contribution in [0.1, 0.15) is 5.56 Å². The van der Waals surface area contributed by atoms with Gasteiger partial charge in [0.1, 0.15) is 5.82 Å². The number of likely N-dealkylation sites (N-methyl/N-ethyl adjacent to an activating group) is 1. The minimum Gasteiger partial charge on any atom is -0.383 e. The number of nitrogens with one attached hydrogen (secondary N) is 2. The fourth-order valence-corrected chi connectivity index (χ4v) is 2.67. The van der Waals surface area contributed by atoms with E-state index in [1.54, 1.807) is 19.2 Å². The first-order chi connectivity index (χ1) is 12.1. The number of ether oxygens (including phenoxy) is 1. The van der Waals surface area contributed by atoms with Crippen molar-refractivity contribution in [2.75, 3.05) is 42.8 Å². The van der Waals surface area contributed by atoms with E-state index in [1.165, 1.54) is 12.3 Å². The van der Waals surface area contributed by atoms with Crippen molar-refractivity contribution in [2.24, 2.45) is 0 Å². The van der Waals surface area contributed by atoms with Gasteiger partial charge in [0.05, 0.1) is 17.9 Å². The quantitative estimate of drug-likeness (QED) is 0.792. The summed E-state index contributed by atoms with van der Waals surface area (Å²) in [5.74, 6) is -0.734. The summed E-state index contributed by atoms with van der Waals surface area (Å²) in [5.41, 5.74) is 2.96. The second-order valence-corrected chi connectivity index (χ2v) is 5.78. The van der Waals surface area contributed by atoms with Gasteiger partial charge >= 0.3 is 0 Å². The second-order valence-electron chi connectivity index (χ2n) is 5.78. The first-order valence-electron chi connectivity index (χ1n) is 7.97. The van der Waals surface area contributed by atoms with Crippen LogP contribution < -0.4 is 15.5 Å². The summed E-state index contributed by atoms with van der Waals surface area (Å²) >= 11 is 0. The molecule has 0 unspecified atom stereocenters. The zero-order valence-corrected chi connectivity index (χ0v) is 14.2. The highest BCUT2D eigenvalue weighted by atomic mass is 19.1. The maximum absolute atomic E-state index is 14.0. The van der Waals surface area contributed by atoms with Crippen molar-refractivity contribution >= 4 is 28.5 Å². The van der Waals surface area contributed by atoms with Crippen molar-refractivity contribution in [1.82, 2.24) is 0 Å². The Balaban J connectivity index is 1.74. The molecule has 0 bridgehead atoms. The van der Waals surface area contributed by atoms with Gasteiger partial charge in [0.25, 0.3) is 5.91 Å². The molecule has 0 radical (unpaired) electrons. The third kappa shape index (κ3) is 3.64. The van der Waals surface area contributed by atoms with E-state index < -0.39 is 5.82 Å². The number of anilines is 3. The van der Waals surface area contributed by atoms with Crippen molar-refractivity contribution < 1.29 is 13.9 Å². The molecule has 1 aliphatic rings. The van der Waals surface area contributed by atoms with E-state index in [-0.39, 0.29) is 11.5 Å². The minimum atomic E-state index is -0.418. The minimum absolute atomic E-state index is 0.286. The number of amides is 1. The molecule has 25 heavy (non-hydrogen) atoms. The molecule has 0 aromatic heterocycles. The Kier molecular flexibility index (Phi) is 5.00. The molecule has 6 heteroatoms. The number of hydrogen-bond acceptors (Lipinski definition) is 4. The van der Waals surface area contributed by atoms with Crippen LogP contribution in [0.25, 0.3) is 5.57 Å². The molecule has 1 aliphatic heterocycles. The summed E-state index contributed by atoms with van der Waals surface area (Å²) in [6.07, 6.45) is 1.54. The van der Waals surface area contributed by atoms with Crippen LogP contribution in [0.4, 0.5) is 21.5 Å². The van der Waals surface area contributed by atoms with Gasteiger partial charge in [-0.25, -0.2) is 4.39 Å². The Morgan fingerprint density at radius 3 is 2.72 bits per heavy atom. The lowest BCUT2D eigenvalue weighted by molar-refractivity contribution is -0.110. The Labute approximate surface area is 146 Å². The summed E-state index contributed by atoms with van der Waals surface area (Å²) in [6.45, 7) is 1.45. The first-order valence-corrected chi connectivity index (χ1v) is 7.97. The van der Waals surface area contributed by atoms with E-state index in [0.717, 1.165) is 17.9 Å². The number of nitrogens with zero attached hydrogens (tertiary/aromatic N) is 1. The van der Waals surface area contributed by atoms with E-state index in [0.29, 0.717) is 17.9 Å². The summed E-state index contributed by atoms with van der Waals surface area (Å²) in [4.78, 5) is 14.1. The standard InChI is InChI=1S/C19H20FN3O2/c1-23(10-11-25-2)14-8-6-13(7-9-14)21-12-15-18-16(20)4-3-5-17(18)22-19(15)24/h3-9,12,21H,10-11H2,1-2H3,(H,22,24)/b15-12+. The topological polar surface area (TPSA) is 53.6 Å². The SMILES string of the molecule is COCCN(C)c1ccc(N/C=C2/C(=O)Nc3cccc(F)c32)cc1. The normalized spacial score (nSPS) is 14.4. The van der Waals surface area contributed by atoms with Gasteiger partial charge in [0.2, 0.25) is 0 Å². The summed E-state index contributed by atoms with van der Waals surface area (Å²) in [5, 5.41) is 5.72.